The molecule has 3 nitrogen and oxygen atoms in total. The molecule has 0 aliphatic carbocycles. The van der Waals surface area contributed by atoms with Crippen LogP contribution in [0.25, 0.3) is 0 Å². The number of likely N-dealkylation sites (tertiary alicyclic amines) is 1. The lowest BCUT2D eigenvalue weighted by molar-refractivity contribution is -0.138. The first-order valence-corrected chi connectivity index (χ1v) is 4.88. The predicted molar refractivity (Wildman–Crippen MR) is 43.9 cm³/mol. The molecule has 11 heavy (non-hydrogen) atoms. The largest absolute Gasteiger partial charge is 0.480 e. The minimum absolute atomic E-state index is 0.238. The monoisotopic (exact) mass is 173 g/mol. The minimum atomic E-state index is -0.692. The molecule has 0 aromatic heterocycles. The van der Waals surface area contributed by atoms with Crippen molar-refractivity contribution in [3.05, 3.63) is 0 Å². The van der Waals surface area contributed by atoms with Gasteiger partial charge in [-0.3, -0.25) is 9.69 Å². The van der Waals surface area contributed by atoms with Gasteiger partial charge in [0, 0.05) is 23.6 Å². The van der Waals surface area contributed by atoms with E-state index >= 15 is 0 Å². The van der Waals surface area contributed by atoms with E-state index in [0.717, 1.165) is 17.5 Å². The lowest BCUT2D eigenvalue weighted by atomic mass is 10.2. The molecule has 2 unspecified atom stereocenters. The molecule has 0 aromatic rings. The van der Waals surface area contributed by atoms with E-state index in [1.165, 1.54) is 6.42 Å². The van der Waals surface area contributed by atoms with Gasteiger partial charge in [0.1, 0.15) is 0 Å². The highest BCUT2D eigenvalue weighted by molar-refractivity contribution is 8.00. The zero-order valence-corrected chi connectivity index (χ0v) is 7.01. The number of carboxylic acids is 1. The van der Waals surface area contributed by atoms with E-state index in [1.54, 1.807) is 0 Å². The number of fused-ring (bicyclic) bond motifs is 2. The molecule has 2 atom stereocenters. The van der Waals surface area contributed by atoms with Crippen LogP contribution in [0.5, 0.6) is 0 Å². The van der Waals surface area contributed by atoms with Crippen LogP contribution in [-0.2, 0) is 4.79 Å². The number of thioether (sulfide) groups is 1. The Morgan fingerprint density at radius 1 is 1.73 bits per heavy atom. The number of nitrogens with zero attached hydrogens (tertiary/aromatic N) is 1. The summed E-state index contributed by atoms with van der Waals surface area (Å²) in [5.41, 5.74) is 0. The zero-order valence-electron chi connectivity index (χ0n) is 6.19. The molecule has 0 saturated carbocycles. The summed E-state index contributed by atoms with van der Waals surface area (Å²) in [4.78, 5) is 12.5. The van der Waals surface area contributed by atoms with Crippen molar-refractivity contribution in [2.24, 2.45) is 0 Å². The lowest BCUT2D eigenvalue weighted by Crippen LogP contribution is -2.37. The van der Waals surface area contributed by atoms with E-state index in [9.17, 15) is 4.79 Å². The summed E-state index contributed by atoms with van der Waals surface area (Å²) < 4.78 is 0. The van der Waals surface area contributed by atoms with Crippen molar-refractivity contribution in [3.63, 3.8) is 0 Å². The fourth-order valence-corrected chi connectivity index (χ4v) is 3.34. The molecule has 62 valence electrons. The van der Waals surface area contributed by atoms with Gasteiger partial charge < -0.3 is 5.11 Å². The third-order valence-corrected chi connectivity index (χ3v) is 3.74. The van der Waals surface area contributed by atoms with Crippen LogP contribution in [0, 0.1) is 0 Å². The maximum atomic E-state index is 10.4. The second kappa shape index (κ2) is 2.68. The number of carboxylic acid groups (broad SMARTS) is 1. The molecule has 2 rings (SSSR count). The summed E-state index contributed by atoms with van der Waals surface area (Å²) >= 11 is 1.99. The van der Waals surface area contributed by atoms with E-state index in [1.807, 2.05) is 11.8 Å². The molecule has 0 amide bonds. The first-order chi connectivity index (χ1) is 5.25. The molecule has 2 fully saturated rings. The van der Waals surface area contributed by atoms with Crippen molar-refractivity contribution in [2.45, 2.75) is 17.7 Å². The highest BCUT2D eigenvalue weighted by atomic mass is 32.2. The Morgan fingerprint density at radius 2 is 2.55 bits per heavy atom. The molecule has 2 aliphatic heterocycles. The topological polar surface area (TPSA) is 40.5 Å². The van der Waals surface area contributed by atoms with E-state index < -0.39 is 5.97 Å². The molecule has 2 saturated heterocycles. The highest BCUT2D eigenvalue weighted by Crippen LogP contribution is 2.36. The Labute approximate surface area is 69.8 Å². The Balaban J connectivity index is 1.92. The minimum Gasteiger partial charge on any atom is -0.480 e. The number of aliphatic carboxylic acids is 1. The quantitative estimate of drug-likeness (QED) is 0.650. The molecule has 0 spiro atoms. The number of rotatable bonds is 2. The first-order valence-electron chi connectivity index (χ1n) is 3.83. The van der Waals surface area contributed by atoms with Crippen molar-refractivity contribution in [3.8, 4) is 0 Å². The summed E-state index contributed by atoms with van der Waals surface area (Å²) in [7, 11) is 0. The average Bonchev–Trinajstić information content (AvgIpc) is 2.45. The standard InChI is InChI=1S/C7H11NO2S/c9-7(10)3-8-2-6-1-5(8)4-11-6/h5-6H,1-4H2,(H,9,10). The van der Waals surface area contributed by atoms with Gasteiger partial charge >= 0.3 is 5.97 Å². The average molecular weight is 173 g/mol. The van der Waals surface area contributed by atoms with Crippen LogP contribution in [0.1, 0.15) is 6.42 Å². The van der Waals surface area contributed by atoms with Crippen molar-refractivity contribution in [2.75, 3.05) is 18.8 Å². The number of hydrogen-bond acceptors (Lipinski definition) is 3. The van der Waals surface area contributed by atoms with Gasteiger partial charge in [-0.1, -0.05) is 0 Å². The van der Waals surface area contributed by atoms with Gasteiger partial charge in [-0.25, -0.2) is 0 Å². The second-order valence-corrected chi connectivity index (χ2v) is 4.50. The normalized spacial score (nSPS) is 36.4. The van der Waals surface area contributed by atoms with E-state index in [4.69, 9.17) is 5.11 Å². The predicted octanol–water partition coefficient (Wildman–Crippen LogP) is 0.261. The second-order valence-electron chi connectivity index (χ2n) is 3.17. The van der Waals surface area contributed by atoms with Crippen LogP contribution in [-0.4, -0.2) is 46.1 Å². The highest BCUT2D eigenvalue weighted by Gasteiger charge is 2.38. The fourth-order valence-electron chi connectivity index (χ4n) is 1.85. The van der Waals surface area contributed by atoms with Gasteiger partial charge in [0.05, 0.1) is 6.54 Å². The summed E-state index contributed by atoms with van der Waals surface area (Å²) in [5.74, 6) is 0.445. The SMILES string of the molecule is O=C(O)CN1CC2CC1CS2. The van der Waals surface area contributed by atoms with Gasteiger partial charge in [0.2, 0.25) is 0 Å². The van der Waals surface area contributed by atoms with Gasteiger partial charge in [-0.2, -0.15) is 11.8 Å². The number of hydrogen-bond donors (Lipinski definition) is 1. The third-order valence-electron chi connectivity index (χ3n) is 2.35. The molecule has 2 aliphatic rings. The Kier molecular flexibility index (Phi) is 1.81. The molecular weight excluding hydrogens is 162 g/mol. The zero-order chi connectivity index (χ0) is 7.84. The molecule has 1 N–H and O–H groups in total. The van der Waals surface area contributed by atoms with Crippen LogP contribution in [0.3, 0.4) is 0 Å². The van der Waals surface area contributed by atoms with Gasteiger partial charge in [-0.15, -0.1) is 0 Å². The number of carbonyl (C=O) groups is 1. The maximum absolute atomic E-state index is 10.4. The third kappa shape index (κ3) is 1.37. The maximum Gasteiger partial charge on any atom is 0.317 e. The lowest BCUT2D eigenvalue weighted by Gasteiger charge is -2.23. The Morgan fingerprint density at radius 3 is 3.00 bits per heavy atom. The summed E-state index contributed by atoms with van der Waals surface area (Å²) in [6, 6.07) is 0.557. The van der Waals surface area contributed by atoms with Crippen molar-refractivity contribution < 1.29 is 9.90 Å². The summed E-state index contributed by atoms with van der Waals surface area (Å²) in [5, 5.41) is 9.28. The first kappa shape index (κ1) is 7.43. The van der Waals surface area contributed by atoms with Gasteiger partial charge in [0.15, 0.2) is 0 Å². The van der Waals surface area contributed by atoms with Gasteiger partial charge in [0.25, 0.3) is 0 Å². The Hall–Kier alpha value is -0.220. The van der Waals surface area contributed by atoms with E-state index in [2.05, 4.69) is 4.90 Å². The van der Waals surface area contributed by atoms with Crippen LogP contribution < -0.4 is 0 Å². The van der Waals surface area contributed by atoms with Crippen LogP contribution in [0.15, 0.2) is 0 Å². The summed E-state index contributed by atoms with van der Waals surface area (Å²) in [6.07, 6.45) is 1.21. The van der Waals surface area contributed by atoms with E-state index in [0.29, 0.717) is 6.04 Å². The van der Waals surface area contributed by atoms with Crippen molar-refractivity contribution in [1.82, 2.24) is 4.90 Å². The summed E-state index contributed by atoms with van der Waals surface area (Å²) in [6.45, 7) is 1.23. The van der Waals surface area contributed by atoms with Crippen molar-refractivity contribution >= 4 is 17.7 Å². The molecule has 2 bridgehead atoms. The van der Waals surface area contributed by atoms with E-state index in [-0.39, 0.29) is 6.54 Å². The van der Waals surface area contributed by atoms with Crippen LogP contribution >= 0.6 is 11.8 Å². The van der Waals surface area contributed by atoms with Gasteiger partial charge in [-0.05, 0) is 6.42 Å². The molecule has 0 radical (unpaired) electrons. The van der Waals surface area contributed by atoms with Crippen LogP contribution in [0.2, 0.25) is 0 Å². The molecule has 4 heteroatoms. The van der Waals surface area contributed by atoms with Crippen LogP contribution in [0.4, 0.5) is 0 Å². The molecule has 0 aromatic carbocycles. The fraction of sp³-hybridized carbons (Fsp3) is 0.857. The smallest absolute Gasteiger partial charge is 0.317 e. The van der Waals surface area contributed by atoms with Crippen molar-refractivity contribution in [1.29, 1.82) is 0 Å². The Bertz CT molecular complexity index is 185. The molecule has 2 heterocycles. The molecular formula is C7H11NO2S.